The highest BCUT2D eigenvalue weighted by molar-refractivity contribution is 5.38. The van der Waals surface area contributed by atoms with Crippen molar-refractivity contribution in [1.29, 1.82) is 0 Å². The van der Waals surface area contributed by atoms with Crippen molar-refractivity contribution < 1.29 is 14.3 Å². The number of benzene rings is 1. The maximum absolute atomic E-state index is 9.88. The van der Waals surface area contributed by atoms with Gasteiger partial charge in [0.25, 0.3) is 0 Å². The first-order valence-electron chi connectivity index (χ1n) is 6.01. The number of aryl methyl sites for hydroxylation is 1. The van der Waals surface area contributed by atoms with Gasteiger partial charge in [-0.05, 0) is 31.7 Å². The Morgan fingerprint density at radius 2 is 1.94 bits per heavy atom. The van der Waals surface area contributed by atoms with E-state index in [0.717, 1.165) is 25.7 Å². The molecular formula is C14H19O3. The van der Waals surface area contributed by atoms with Crippen molar-refractivity contribution in [2.45, 2.75) is 38.9 Å². The lowest BCUT2D eigenvalue weighted by atomic mass is 10.1. The molecule has 0 N–H and O–H groups in total. The monoisotopic (exact) mass is 235 g/mol. The fourth-order valence-corrected chi connectivity index (χ4v) is 1.60. The highest BCUT2D eigenvalue weighted by atomic mass is 16.7. The zero-order valence-corrected chi connectivity index (χ0v) is 10.2. The van der Waals surface area contributed by atoms with Crippen LogP contribution in [-0.4, -0.2) is 19.4 Å². The van der Waals surface area contributed by atoms with Crippen LogP contribution < -0.4 is 0 Å². The summed E-state index contributed by atoms with van der Waals surface area (Å²) in [5, 5.41) is 0. The van der Waals surface area contributed by atoms with Crippen molar-refractivity contribution in [1.82, 2.24) is 0 Å². The molecule has 0 bridgehead atoms. The number of carbonyl (C=O) groups excluding carboxylic acids is 1. The molecule has 3 nitrogen and oxygen atoms in total. The zero-order valence-electron chi connectivity index (χ0n) is 10.2. The van der Waals surface area contributed by atoms with E-state index in [-0.39, 0.29) is 0 Å². The summed E-state index contributed by atoms with van der Waals surface area (Å²) in [6.07, 6.45) is 3.88. The first-order chi connectivity index (χ1) is 8.33. The molecule has 0 aliphatic rings. The second kappa shape index (κ2) is 8.76. The van der Waals surface area contributed by atoms with Crippen LogP contribution in [-0.2, 0) is 20.7 Å². The van der Waals surface area contributed by atoms with E-state index in [0.29, 0.717) is 6.61 Å². The summed E-state index contributed by atoms with van der Waals surface area (Å²) in [7, 11) is 0. The van der Waals surface area contributed by atoms with E-state index < -0.39 is 6.29 Å². The number of rotatable bonds is 9. The molecule has 93 valence electrons. The van der Waals surface area contributed by atoms with Crippen molar-refractivity contribution >= 4 is 6.47 Å². The van der Waals surface area contributed by atoms with E-state index in [2.05, 4.69) is 29.0 Å². The van der Waals surface area contributed by atoms with Gasteiger partial charge in [-0.15, -0.1) is 0 Å². The van der Waals surface area contributed by atoms with Crippen LogP contribution in [0.25, 0.3) is 0 Å². The molecule has 1 aromatic rings. The van der Waals surface area contributed by atoms with E-state index >= 15 is 0 Å². The van der Waals surface area contributed by atoms with Gasteiger partial charge >= 0.3 is 6.47 Å². The Morgan fingerprint density at radius 1 is 1.18 bits per heavy atom. The fourth-order valence-electron chi connectivity index (χ4n) is 1.60. The third kappa shape index (κ3) is 6.74. The SMILES string of the molecule is CC(O[C]=O)OCCCCCc1ccccc1. The average molecular weight is 235 g/mol. The smallest absolute Gasteiger partial charge is 0.419 e. The van der Waals surface area contributed by atoms with Gasteiger partial charge in [0.2, 0.25) is 6.29 Å². The summed E-state index contributed by atoms with van der Waals surface area (Å²) >= 11 is 0. The Morgan fingerprint density at radius 3 is 2.65 bits per heavy atom. The molecule has 0 fully saturated rings. The summed E-state index contributed by atoms with van der Waals surface area (Å²) in [6.45, 7) is 3.68. The molecule has 17 heavy (non-hydrogen) atoms. The maximum Gasteiger partial charge on any atom is 0.419 e. The predicted molar refractivity (Wildman–Crippen MR) is 66.2 cm³/mol. The molecule has 1 unspecified atom stereocenters. The molecule has 0 amide bonds. The van der Waals surface area contributed by atoms with Crippen LogP contribution in [0.4, 0.5) is 0 Å². The lowest BCUT2D eigenvalue weighted by Gasteiger charge is -2.09. The molecule has 1 radical (unpaired) electrons. The standard InChI is InChI=1S/C14H19O3/c1-13(17-12-15)16-11-7-3-6-10-14-8-4-2-5-9-14/h2,4-5,8-9,13H,3,6-7,10-11H2,1H3. The van der Waals surface area contributed by atoms with Gasteiger partial charge in [-0.25, -0.2) is 4.79 Å². The Labute approximate surface area is 103 Å². The maximum atomic E-state index is 9.88. The van der Waals surface area contributed by atoms with Crippen LogP contribution in [0.2, 0.25) is 0 Å². The molecule has 1 atom stereocenters. The Kier molecular flexibility index (Phi) is 7.07. The molecule has 0 aliphatic carbocycles. The molecule has 0 aliphatic heterocycles. The second-order valence-corrected chi connectivity index (χ2v) is 3.94. The first-order valence-corrected chi connectivity index (χ1v) is 6.01. The van der Waals surface area contributed by atoms with E-state index in [9.17, 15) is 4.79 Å². The van der Waals surface area contributed by atoms with Gasteiger partial charge in [0.15, 0.2) is 0 Å². The quantitative estimate of drug-likeness (QED) is 0.487. The number of hydrogen-bond acceptors (Lipinski definition) is 3. The summed E-state index contributed by atoms with van der Waals surface area (Å²) in [6, 6.07) is 10.4. The topological polar surface area (TPSA) is 35.5 Å². The van der Waals surface area contributed by atoms with Crippen molar-refractivity contribution in [3.8, 4) is 0 Å². The molecule has 0 aromatic heterocycles. The lowest BCUT2D eigenvalue weighted by molar-refractivity contribution is -0.0766. The molecule has 0 spiro atoms. The molecule has 1 rings (SSSR count). The minimum atomic E-state index is -0.485. The highest BCUT2D eigenvalue weighted by Gasteiger charge is 2.00. The van der Waals surface area contributed by atoms with Gasteiger partial charge in [0.1, 0.15) is 0 Å². The molecule has 0 saturated heterocycles. The van der Waals surface area contributed by atoms with Crippen molar-refractivity contribution in [2.75, 3.05) is 6.61 Å². The lowest BCUT2D eigenvalue weighted by Crippen LogP contribution is -2.12. The predicted octanol–water partition coefficient (Wildman–Crippen LogP) is 2.85. The minimum Gasteiger partial charge on any atom is -0.428 e. The minimum absolute atomic E-state index is 0.485. The van der Waals surface area contributed by atoms with Gasteiger partial charge in [-0.1, -0.05) is 36.8 Å². The third-order valence-electron chi connectivity index (χ3n) is 2.52. The van der Waals surface area contributed by atoms with Crippen molar-refractivity contribution in [3.05, 3.63) is 35.9 Å². The van der Waals surface area contributed by atoms with Crippen molar-refractivity contribution in [3.63, 3.8) is 0 Å². The Balaban J connectivity index is 1.96. The van der Waals surface area contributed by atoms with Crippen LogP contribution in [0.3, 0.4) is 0 Å². The van der Waals surface area contributed by atoms with Gasteiger partial charge in [0, 0.05) is 0 Å². The fraction of sp³-hybridized carbons (Fsp3) is 0.500. The van der Waals surface area contributed by atoms with Crippen molar-refractivity contribution in [2.24, 2.45) is 0 Å². The summed E-state index contributed by atoms with van der Waals surface area (Å²) < 4.78 is 9.74. The average Bonchev–Trinajstić information content (AvgIpc) is 2.35. The van der Waals surface area contributed by atoms with Gasteiger partial charge in [-0.3, -0.25) is 0 Å². The number of ether oxygens (including phenoxy) is 2. The molecule has 0 saturated carbocycles. The van der Waals surface area contributed by atoms with Gasteiger partial charge in [-0.2, -0.15) is 0 Å². The van der Waals surface area contributed by atoms with Crippen LogP contribution >= 0.6 is 0 Å². The van der Waals surface area contributed by atoms with E-state index in [1.165, 1.54) is 12.0 Å². The third-order valence-corrected chi connectivity index (χ3v) is 2.52. The summed E-state index contributed by atoms with van der Waals surface area (Å²) in [5.74, 6) is 0. The zero-order chi connectivity index (χ0) is 12.3. The first kappa shape index (κ1) is 13.7. The number of unbranched alkanes of at least 4 members (excludes halogenated alkanes) is 2. The summed E-state index contributed by atoms with van der Waals surface area (Å²) in [5.41, 5.74) is 1.38. The van der Waals surface area contributed by atoms with Gasteiger partial charge in [0.05, 0.1) is 6.61 Å². The Bertz CT molecular complexity index is 298. The normalized spacial score (nSPS) is 12.1. The van der Waals surface area contributed by atoms with E-state index in [4.69, 9.17) is 4.74 Å². The van der Waals surface area contributed by atoms with Crippen LogP contribution in [0.1, 0.15) is 31.7 Å². The second-order valence-electron chi connectivity index (χ2n) is 3.94. The highest BCUT2D eigenvalue weighted by Crippen LogP contribution is 2.06. The molecular weight excluding hydrogens is 216 g/mol. The van der Waals surface area contributed by atoms with Gasteiger partial charge < -0.3 is 9.47 Å². The largest absolute Gasteiger partial charge is 0.428 e. The number of hydrogen-bond donors (Lipinski definition) is 0. The molecule has 3 heteroatoms. The Hall–Kier alpha value is -1.35. The van der Waals surface area contributed by atoms with Crippen LogP contribution in [0.5, 0.6) is 0 Å². The summed E-state index contributed by atoms with van der Waals surface area (Å²) in [4.78, 5) is 9.88. The van der Waals surface area contributed by atoms with E-state index in [1.54, 1.807) is 6.92 Å². The van der Waals surface area contributed by atoms with Crippen LogP contribution in [0.15, 0.2) is 30.3 Å². The van der Waals surface area contributed by atoms with E-state index in [1.807, 2.05) is 6.07 Å². The molecule has 1 aromatic carbocycles. The van der Waals surface area contributed by atoms with Crippen LogP contribution in [0, 0.1) is 0 Å². The molecule has 0 heterocycles.